The van der Waals surface area contributed by atoms with Crippen molar-refractivity contribution in [3.63, 3.8) is 0 Å². The first-order valence-electron chi connectivity index (χ1n) is 3.73. The summed E-state index contributed by atoms with van der Waals surface area (Å²) >= 11 is 0.920. The summed E-state index contributed by atoms with van der Waals surface area (Å²) in [6.07, 6.45) is 0. The maximum absolute atomic E-state index is 13.2. The molecule has 0 atom stereocenters. The van der Waals surface area contributed by atoms with Gasteiger partial charge in [-0.25, -0.2) is 0 Å². The topological polar surface area (TPSA) is 40.5 Å². The standard InChI is InChI=1S/C8H6BFO2S/c10-8-7(9(11)12)5-3-1-2-4-6(5)13-8/h1-4,11-12H. The van der Waals surface area contributed by atoms with E-state index in [9.17, 15) is 4.39 Å². The summed E-state index contributed by atoms with van der Waals surface area (Å²) in [4.78, 5) is 0. The van der Waals surface area contributed by atoms with Crippen molar-refractivity contribution < 1.29 is 14.4 Å². The number of fused-ring (bicyclic) bond motifs is 1. The molecule has 0 aliphatic rings. The highest BCUT2D eigenvalue weighted by Crippen LogP contribution is 2.21. The Morgan fingerprint density at radius 1 is 1.23 bits per heavy atom. The Labute approximate surface area is 78.4 Å². The summed E-state index contributed by atoms with van der Waals surface area (Å²) in [5, 5.41) is 17.9. The highest BCUT2D eigenvalue weighted by molar-refractivity contribution is 7.19. The van der Waals surface area contributed by atoms with Gasteiger partial charge in [0.25, 0.3) is 0 Å². The van der Waals surface area contributed by atoms with Crippen molar-refractivity contribution in [3.8, 4) is 0 Å². The maximum Gasteiger partial charge on any atom is 0.493 e. The Kier molecular flexibility index (Phi) is 2.07. The molecular formula is C8H6BFO2S. The third-order valence-corrected chi connectivity index (χ3v) is 2.82. The average molecular weight is 196 g/mol. The van der Waals surface area contributed by atoms with Crippen LogP contribution in [0.1, 0.15) is 0 Å². The van der Waals surface area contributed by atoms with Gasteiger partial charge >= 0.3 is 7.12 Å². The van der Waals surface area contributed by atoms with Gasteiger partial charge in [0.15, 0.2) is 5.13 Å². The molecule has 0 radical (unpaired) electrons. The molecule has 1 aromatic heterocycles. The van der Waals surface area contributed by atoms with Crippen LogP contribution in [0.25, 0.3) is 10.1 Å². The first kappa shape index (κ1) is 8.68. The molecule has 2 rings (SSSR count). The number of rotatable bonds is 1. The summed E-state index contributed by atoms with van der Waals surface area (Å²) in [5.74, 6) is 0. The minimum absolute atomic E-state index is 0.0272. The van der Waals surface area contributed by atoms with E-state index in [1.54, 1.807) is 24.3 Å². The molecule has 0 amide bonds. The van der Waals surface area contributed by atoms with E-state index in [4.69, 9.17) is 10.0 Å². The molecular weight excluding hydrogens is 190 g/mol. The van der Waals surface area contributed by atoms with Crippen LogP contribution >= 0.6 is 11.3 Å². The molecule has 0 fully saturated rings. The van der Waals surface area contributed by atoms with E-state index in [1.807, 2.05) is 0 Å². The number of hydrogen-bond acceptors (Lipinski definition) is 3. The van der Waals surface area contributed by atoms with Crippen molar-refractivity contribution in [2.75, 3.05) is 0 Å². The summed E-state index contributed by atoms with van der Waals surface area (Å²) < 4.78 is 13.9. The minimum Gasteiger partial charge on any atom is -0.423 e. The SMILES string of the molecule is OB(O)c1c(F)sc2ccccc12. The van der Waals surface area contributed by atoms with Crippen molar-refractivity contribution in [2.45, 2.75) is 0 Å². The second-order valence-corrected chi connectivity index (χ2v) is 3.66. The van der Waals surface area contributed by atoms with Gasteiger partial charge in [-0.15, -0.1) is 11.3 Å². The smallest absolute Gasteiger partial charge is 0.423 e. The first-order chi connectivity index (χ1) is 6.20. The van der Waals surface area contributed by atoms with Crippen molar-refractivity contribution in [3.05, 3.63) is 29.4 Å². The van der Waals surface area contributed by atoms with Gasteiger partial charge in [0.2, 0.25) is 0 Å². The van der Waals surface area contributed by atoms with E-state index in [0.717, 1.165) is 16.0 Å². The Bertz CT molecular complexity index is 441. The molecule has 1 aromatic carbocycles. The van der Waals surface area contributed by atoms with Gasteiger partial charge in [-0.1, -0.05) is 18.2 Å². The van der Waals surface area contributed by atoms with Crippen LogP contribution in [0.5, 0.6) is 0 Å². The molecule has 0 spiro atoms. The quantitative estimate of drug-likeness (QED) is 0.659. The fourth-order valence-electron chi connectivity index (χ4n) is 1.28. The highest BCUT2D eigenvalue weighted by Gasteiger charge is 2.22. The fourth-order valence-corrected chi connectivity index (χ4v) is 2.23. The average Bonchev–Trinajstić information content (AvgIpc) is 2.39. The Hall–Kier alpha value is -0.905. The first-order valence-corrected chi connectivity index (χ1v) is 4.55. The van der Waals surface area contributed by atoms with E-state index in [1.165, 1.54) is 0 Å². The van der Waals surface area contributed by atoms with Crippen LogP contribution in [0.15, 0.2) is 24.3 Å². The monoisotopic (exact) mass is 196 g/mol. The van der Waals surface area contributed by atoms with Crippen LogP contribution in [0, 0.1) is 5.13 Å². The fraction of sp³-hybridized carbons (Fsp3) is 0. The zero-order valence-electron chi connectivity index (χ0n) is 6.57. The van der Waals surface area contributed by atoms with Crippen molar-refractivity contribution >= 4 is 34.0 Å². The lowest BCUT2D eigenvalue weighted by molar-refractivity contribution is 0.424. The summed E-state index contributed by atoms with van der Waals surface area (Å²) in [7, 11) is -1.74. The van der Waals surface area contributed by atoms with Crippen LogP contribution in [0.4, 0.5) is 4.39 Å². The predicted molar refractivity (Wildman–Crippen MR) is 51.6 cm³/mol. The molecule has 0 saturated carbocycles. The second kappa shape index (κ2) is 3.10. The Morgan fingerprint density at radius 3 is 2.62 bits per heavy atom. The summed E-state index contributed by atoms with van der Waals surface area (Å²) in [6, 6.07) is 6.94. The van der Waals surface area contributed by atoms with E-state index < -0.39 is 12.2 Å². The third-order valence-electron chi connectivity index (χ3n) is 1.85. The lowest BCUT2D eigenvalue weighted by Gasteiger charge is -1.95. The number of halogens is 1. The molecule has 0 unspecified atom stereocenters. The number of thiophene rings is 1. The molecule has 66 valence electrons. The van der Waals surface area contributed by atoms with Gasteiger partial charge < -0.3 is 10.0 Å². The molecule has 0 aliphatic carbocycles. The van der Waals surface area contributed by atoms with Gasteiger partial charge in [-0.2, -0.15) is 4.39 Å². The number of hydrogen-bond donors (Lipinski definition) is 2. The van der Waals surface area contributed by atoms with Crippen LogP contribution in [0.2, 0.25) is 0 Å². The van der Waals surface area contributed by atoms with Crippen LogP contribution < -0.4 is 5.46 Å². The lowest BCUT2D eigenvalue weighted by Crippen LogP contribution is -2.31. The van der Waals surface area contributed by atoms with Crippen LogP contribution in [-0.4, -0.2) is 17.2 Å². The molecule has 0 bridgehead atoms. The van der Waals surface area contributed by atoms with Gasteiger partial charge in [-0.05, 0) is 11.5 Å². The molecule has 5 heteroatoms. The second-order valence-electron chi connectivity index (χ2n) is 2.66. The lowest BCUT2D eigenvalue weighted by atomic mass is 9.80. The Morgan fingerprint density at radius 2 is 1.92 bits per heavy atom. The third kappa shape index (κ3) is 1.35. The normalized spacial score (nSPS) is 10.7. The summed E-state index contributed by atoms with van der Waals surface area (Å²) in [5.41, 5.74) is -0.0272. The van der Waals surface area contributed by atoms with E-state index in [0.29, 0.717) is 5.39 Å². The zero-order valence-corrected chi connectivity index (χ0v) is 7.38. The van der Waals surface area contributed by atoms with Crippen molar-refractivity contribution in [2.24, 2.45) is 0 Å². The molecule has 0 aliphatic heterocycles. The molecule has 2 N–H and O–H groups in total. The molecule has 0 saturated heterocycles. The van der Waals surface area contributed by atoms with E-state index >= 15 is 0 Å². The summed E-state index contributed by atoms with van der Waals surface area (Å²) in [6.45, 7) is 0. The molecule has 2 nitrogen and oxygen atoms in total. The van der Waals surface area contributed by atoms with Gasteiger partial charge in [-0.3, -0.25) is 0 Å². The van der Waals surface area contributed by atoms with Crippen molar-refractivity contribution in [1.82, 2.24) is 0 Å². The molecule has 2 aromatic rings. The molecule has 13 heavy (non-hydrogen) atoms. The van der Waals surface area contributed by atoms with E-state index in [2.05, 4.69) is 0 Å². The molecule has 1 heterocycles. The largest absolute Gasteiger partial charge is 0.493 e. The number of benzene rings is 1. The van der Waals surface area contributed by atoms with Gasteiger partial charge in [0, 0.05) is 10.2 Å². The highest BCUT2D eigenvalue weighted by atomic mass is 32.1. The maximum atomic E-state index is 13.2. The van der Waals surface area contributed by atoms with Crippen LogP contribution in [-0.2, 0) is 0 Å². The van der Waals surface area contributed by atoms with Gasteiger partial charge in [0.05, 0.1) is 0 Å². The van der Waals surface area contributed by atoms with E-state index in [-0.39, 0.29) is 5.46 Å². The van der Waals surface area contributed by atoms with Crippen molar-refractivity contribution in [1.29, 1.82) is 0 Å². The zero-order chi connectivity index (χ0) is 9.42. The minimum atomic E-state index is -1.74. The van der Waals surface area contributed by atoms with Crippen LogP contribution in [0.3, 0.4) is 0 Å². The van der Waals surface area contributed by atoms with Gasteiger partial charge in [0.1, 0.15) is 0 Å². The predicted octanol–water partition coefficient (Wildman–Crippen LogP) is 0.720. The Balaban J connectivity index is 2.78.